The maximum absolute atomic E-state index is 5.74. The molecule has 0 bridgehead atoms. The second-order valence-electron chi connectivity index (χ2n) is 5.99. The van der Waals surface area contributed by atoms with Crippen molar-refractivity contribution in [1.29, 1.82) is 0 Å². The number of aromatic nitrogens is 5. The lowest BCUT2D eigenvalue weighted by Gasteiger charge is -2.15. The Labute approximate surface area is 144 Å². The van der Waals surface area contributed by atoms with Gasteiger partial charge in [0.2, 0.25) is 5.82 Å². The number of ether oxygens (including phenoxy) is 1. The molecule has 0 aliphatic rings. The number of nitrogens with zero attached hydrogens (tertiary/aromatic N) is 5. The molecule has 2 rings (SSSR count). The summed E-state index contributed by atoms with van der Waals surface area (Å²) in [4.78, 5) is 12.9. The van der Waals surface area contributed by atoms with Crippen LogP contribution >= 0.6 is 27.7 Å². The minimum atomic E-state index is -1.07. The van der Waals surface area contributed by atoms with Crippen LogP contribution in [-0.2, 0) is 11.5 Å². The Hall–Kier alpha value is -0.773. The molecule has 0 atom stereocenters. The number of hydrogen-bond acceptors (Lipinski definition) is 6. The standard InChI is InChI=1S/C13H20BrN5OSSi/c1-21-13-17-12(11-15-7-10(14)8-16-11)18-19(13)9-20-5-6-22(2,3)4/h7-8H,5-6,9H2,1-4H3. The maximum atomic E-state index is 5.74. The third-order valence-electron chi connectivity index (χ3n) is 2.85. The smallest absolute Gasteiger partial charge is 0.220 e. The van der Waals surface area contributed by atoms with E-state index in [1.54, 1.807) is 17.1 Å². The molecule has 0 spiro atoms. The highest BCUT2D eigenvalue weighted by molar-refractivity contribution is 9.10. The van der Waals surface area contributed by atoms with E-state index in [2.05, 4.69) is 55.6 Å². The van der Waals surface area contributed by atoms with Gasteiger partial charge in [0, 0.05) is 27.1 Å². The molecule has 0 aliphatic carbocycles. The molecule has 0 aliphatic heterocycles. The zero-order chi connectivity index (χ0) is 16.2. The average Bonchev–Trinajstić information content (AvgIpc) is 2.86. The van der Waals surface area contributed by atoms with Crippen molar-refractivity contribution >= 4 is 35.8 Å². The van der Waals surface area contributed by atoms with Crippen LogP contribution in [0.1, 0.15) is 0 Å². The summed E-state index contributed by atoms with van der Waals surface area (Å²) in [7, 11) is -1.07. The van der Waals surface area contributed by atoms with Crippen LogP contribution in [0.4, 0.5) is 0 Å². The number of halogens is 1. The van der Waals surface area contributed by atoms with Gasteiger partial charge in [0.15, 0.2) is 11.0 Å². The van der Waals surface area contributed by atoms with E-state index in [9.17, 15) is 0 Å². The summed E-state index contributed by atoms with van der Waals surface area (Å²) in [5, 5.41) is 5.25. The molecule has 22 heavy (non-hydrogen) atoms. The van der Waals surface area contributed by atoms with E-state index in [0.717, 1.165) is 22.3 Å². The highest BCUT2D eigenvalue weighted by atomic mass is 79.9. The Balaban J connectivity index is 2.04. The van der Waals surface area contributed by atoms with E-state index in [-0.39, 0.29) is 0 Å². The monoisotopic (exact) mass is 401 g/mol. The SMILES string of the molecule is CSc1nc(-c2ncc(Br)cn2)nn1COCC[Si](C)(C)C. The van der Waals surface area contributed by atoms with Crippen LogP contribution in [0.5, 0.6) is 0 Å². The number of rotatable bonds is 7. The summed E-state index contributed by atoms with van der Waals surface area (Å²) in [6.45, 7) is 8.17. The summed E-state index contributed by atoms with van der Waals surface area (Å²) < 4.78 is 8.33. The minimum absolute atomic E-state index is 0.407. The van der Waals surface area contributed by atoms with E-state index >= 15 is 0 Å². The molecule has 0 aromatic carbocycles. The van der Waals surface area contributed by atoms with Crippen molar-refractivity contribution in [3.63, 3.8) is 0 Å². The zero-order valence-electron chi connectivity index (χ0n) is 13.2. The van der Waals surface area contributed by atoms with Gasteiger partial charge in [-0.15, -0.1) is 5.10 Å². The summed E-state index contributed by atoms with van der Waals surface area (Å²) in [5.41, 5.74) is 0. The molecule has 0 unspecified atom stereocenters. The van der Waals surface area contributed by atoms with E-state index in [1.165, 1.54) is 11.8 Å². The second kappa shape index (κ2) is 7.67. The molecule has 0 saturated carbocycles. The van der Waals surface area contributed by atoms with E-state index in [0.29, 0.717) is 18.4 Å². The molecule has 0 fully saturated rings. The Morgan fingerprint density at radius 2 is 1.91 bits per heavy atom. The van der Waals surface area contributed by atoms with Crippen LogP contribution < -0.4 is 0 Å². The predicted octanol–water partition coefficient (Wildman–Crippen LogP) is 3.53. The van der Waals surface area contributed by atoms with E-state index < -0.39 is 8.07 Å². The first kappa shape index (κ1) is 17.6. The molecule has 6 nitrogen and oxygen atoms in total. The molecule has 0 radical (unpaired) electrons. The van der Waals surface area contributed by atoms with Gasteiger partial charge in [-0.1, -0.05) is 31.4 Å². The molecule has 2 aromatic heterocycles. The topological polar surface area (TPSA) is 65.7 Å². The quantitative estimate of drug-likeness (QED) is 0.401. The first-order valence-electron chi connectivity index (χ1n) is 6.93. The molecule has 120 valence electrons. The van der Waals surface area contributed by atoms with Crippen molar-refractivity contribution < 1.29 is 4.74 Å². The molecule has 9 heteroatoms. The Morgan fingerprint density at radius 3 is 2.50 bits per heavy atom. The van der Waals surface area contributed by atoms with Crippen molar-refractivity contribution in [1.82, 2.24) is 24.7 Å². The van der Waals surface area contributed by atoms with Gasteiger partial charge in [-0.3, -0.25) is 0 Å². The van der Waals surface area contributed by atoms with Gasteiger partial charge < -0.3 is 4.74 Å². The zero-order valence-corrected chi connectivity index (χ0v) is 16.6. The van der Waals surface area contributed by atoms with Gasteiger partial charge in [-0.05, 0) is 28.2 Å². The highest BCUT2D eigenvalue weighted by Crippen LogP contribution is 2.18. The normalized spacial score (nSPS) is 11.9. The fourth-order valence-electron chi connectivity index (χ4n) is 1.61. The van der Waals surface area contributed by atoms with Crippen LogP contribution in [-0.4, -0.2) is 45.7 Å². The first-order chi connectivity index (χ1) is 10.4. The molecule has 2 aromatic rings. The number of hydrogen-bond donors (Lipinski definition) is 0. The van der Waals surface area contributed by atoms with Gasteiger partial charge in [-0.25, -0.2) is 14.6 Å². The molecular formula is C13H20BrN5OSSi. The predicted molar refractivity (Wildman–Crippen MR) is 94.6 cm³/mol. The molecular weight excluding hydrogens is 382 g/mol. The van der Waals surface area contributed by atoms with E-state index in [4.69, 9.17) is 4.74 Å². The van der Waals surface area contributed by atoms with Crippen molar-refractivity contribution in [2.24, 2.45) is 0 Å². The van der Waals surface area contributed by atoms with Gasteiger partial charge in [0.05, 0.1) is 4.47 Å². The van der Waals surface area contributed by atoms with Gasteiger partial charge in [0.1, 0.15) is 6.73 Å². The van der Waals surface area contributed by atoms with Gasteiger partial charge >= 0.3 is 0 Å². The molecule has 0 amide bonds. The molecule has 0 saturated heterocycles. The lowest BCUT2D eigenvalue weighted by Crippen LogP contribution is -2.22. The summed E-state index contributed by atoms with van der Waals surface area (Å²) in [5.74, 6) is 1.03. The molecule has 2 heterocycles. The Kier molecular flexibility index (Phi) is 6.13. The van der Waals surface area contributed by atoms with Gasteiger partial charge in [-0.2, -0.15) is 4.98 Å². The van der Waals surface area contributed by atoms with E-state index in [1.807, 2.05) is 6.26 Å². The van der Waals surface area contributed by atoms with Crippen molar-refractivity contribution in [2.75, 3.05) is 12.9 Å². The largest absolute Gasteiger partial charge is 0.359 e. The Bertz CT molecular complexity index is 614. The van der Waals surface area contributed by atoms with Crippen LogP contribution in [0.15, 0.2) is 22.0 Å². The fraction of sp³-hybridized carbons (Fsp3) is 0.538. The van der Waals surface area contributed by atoms with Crippen LogP contribution in [0.25, 0.3) is 11.6 Å². The lowest BCUT2D eigenvalue weighted by molar-refractivity contribution is 0.0720. The van der Waals surface area contributed by atoms with Crippen LogP contribution in [0.3, 0.4) is 0 Å². The summed E-state index contributed by atoms with van der Waals surface area (Å²) >= 11 is 4.85. The van der Waals surface area contributed by atoms with Crippen molar-refractivity contribution in [3.8, 4) is 11.6 Å². The van der Waals surface area contributed by atoms with Crippen molar-refractivity contribution in [3.05, 3.63) is 16.9 Å². The van der Waals surface area contributed by atoms with Crippen molar-refractivity contribution in [2.45, 2.75) is 37.6 Å². The number of thioether (sulfide) groups is 1. The second-order valence-corrected chi connectivity index (χ2v) is 13.3. The van der Waals surface area contributed by atoms with Crippen LogP contribution in [0.2, 0.25) is 25.7 Å². The minimum Gasteiger partial charge on any atom is -0.359 e. The van der Waals surface area contributed by atoms with Gasteiger partial charge in [0.25, 0.3) is 0 Å². The van der Waals surface area contributed by atoms with Crippen LogP contribution in [0, 0.1) is 0 Å². The third-order valence-corrected chi connectivity index (χ3v) is 5.63. The summed E-state index contributed by atoms with van der Waals surface area (Å²) in [6, 6.07) is 1.14. The first-order valence-corrected chi connectivity index (χ1v) is 12.7. The maximum Gasteiger partial charge on any atom is 0.220 e. The lowest BCUT2D eigenvalue weighted by atomic mass is 10.5. The molecule has 0 N–H and O–H groups in total. The highest BCUT2D eigenvalue weighted by Gasteiger charge is 2.15. The Morgan fingerprint density at radius 1 is 1.23 bits per heavy atom. The third kappa shape index (κ3) is 5.15. The fourth-order valence-corrected chi connectivity index (χ4v) is 3.06. The summed E-state index contributed by atoms with van der Waals surface area (Å²) in [6.07, 6.45) is 5.34. The average molecular weight is 402 g/mol.